The number of aryl methyl sites for hydroxylation is 2. The van der Waals surface area contributed by atoms with Crippen molar-refractivity contribution in [2.24, 2.45) is 0 Å². The van der Waals surface area contributed by atoms with Gasteiger partial charge in [-0.15, -0.1) is 10.2 Å². The molecule has 0 fully saturated rings. The summed E-state index contributed by atoms with van der Waals surface area (Å²) < 4.78 is 5.32. The summed E-state index contributed by atoms with van der Waals surface area (Å²) >= 11 is 1.43. The third kappa shape index (κ3) is 2.62. The van der Waals surface area contributed by atoms with E-state index in [4.69, 9.17) is 9.52 Å². The summed E-state index contributed by atoms with van der Waals surface area (Å²) in [6.45, 7) is 3.88. The van der Waals surface area contributed by atoms with Crippen LogP contribution < -0.4 is 5.32 Å². The highest BCUT2D eigenvalue weighted by molar-refractivity contribution is 7.15. The fourth-order valence-corrected chi connectivity index (χ4v) is 1.96. The standard InChI is InChI=1S/C10H11N3O3S/c1-5-8(9(14)15)3-7(16-5)4-11-10-13-12-6(2)17-10/h3H,4H2,1-2H3,(H,11,13)(H,14,15). The zero-order chi connectivity index (χ0) is 12.4. The van der Waals surface area contributed by atoms with Gasteiger partial charge in [0.2, 0.25) is 5.13 Å². The van der Waals surface area contributed by atoms with Crippen LogP contribution in [-0.4, -0.2) is 21.3 Å². The van der Waals surface area contributed by atoms with Gasteiger partial charge in [0.25, 0.3) is 0 Å². The van der Waals surface area contributed by atoms with Gasteiger partial charge in [-0.25, -0.2) is 4.79 Å². The van der Waals surface area contributed by atoms with E-state index in [0.717, 1.165) is 5.01 Å². The summed E-state index contributed by atoms with van der Waals surface area (Å²) in [5.41, 5.74) is 0.190. The third-order valence-electron chi connectivity index (χ3n) is 2.14. The summed E-state index contributed by atoms with van der Waals surface area (Å²) in [6, 6.07) is 1.51. The second kappa shape index (κ2) is 4.54. The molecule has 2 rings (SSSR count). The van der Waals surface area contributed by atoms with E-state index in [1.54, 1.807) is 6.92 Å². The van der Waals surface area contributed by atoms with Crippen molar-refractivity contribution in [2.75, 3.05) is 5.32 Å². The lowest BCUT2D eigenvalue weighted by Gasteiger charge is -1.96. The summed E-state index contributed by atoms with van der Waals surface area (Å²) in [5.74, 6) is -0.0141. The summed E-state index contributed by atoms with van der Waals surface area (Å²) in [6.07, 6.45) is 0. The molecule has 0 saturated heterocycles. The minimum Gasteiger partial charge on any atom is -0.478 e. The number of nitrogens with one attached hydrogen (secondary N) is 1. The minimum atomic E-state index is -0.982. The molecule has 0 amide bonds. The lowest BCUT2D eigenvalue weighted by molar-refractivity contribution is 0.0695. The van der Waals surface area contributed by atoms with Gasteiger partial charge >= 0.3 is 5.97 Å². The number of hydrogen-bond donors (Lipinski definition) is 2. The Morgan fingerprint density at radius 2 is 2.29 bits per heavy atom. The molecule has 2 N–H and O–H groups in total. The van der Waals surface area contributed by atoms with Gasteiger partial charge in [-0.05, 0) is 19.9 Å². The van der Waals surface area contributed by atoms with Crippen LogP contribution in [0.3, 0.4) is 0 Å². The van der Waals surface area contributed by atoms with Crippen molar-refractivity contribution in [3.05, 3.63) is 28.2 Å². The van der Waals surface area contributed by atoms with E-state index < -0.39 is 5.97 Å². The van der Waals surface area contributed by atoms with Crippen molar-refractivity contribution < 1.29 is 14.3 Å². The second-order valence-corrected chi connectivity index (χ2v) is 4.65. The fraction of sp³-hybridized carbons (Fsp3) is 0.300. The number of carboxylic acid groups (broad SMARTS) is 1. The molecular formula is C10H11N3O3S. The van der Waals surface area contributed by atoms with Gasteiger partial charge < -0.3 is 14.8 Å². The van der Waals surface area contributed by atoms with E-state index in [1.807, 2.05) is 6.92 Å². The van der Waals surface area contributed by atoms with E-state index in [2.05, 4.69) is 15.5 Å². The van der Waals surface area contributed by atoms with Crippen molar-refractivity contribution in [2.45, 2.75) is 20.4 Å². The minimum absolute atomic E-state index is 0.190. The van der Waals surface area contributed by atoms with Crippen molar-refractivity contribution in [1.29, 1.82) is 0 Å². The largest absolute Gasteiger partial charge is 0.478 e. The Bertz CT molecular complexity index is 547. The van der Waals surface area contributed by atoms with Gasteiger partial charge in [0.05, 0.1) is 6.54 Å². The van der Waals surface area contributed by atoms with Gasteiger partial charge in [0, 0.05) is 0 Å². The van der Waals surface area contributed by atoms with Crippen LogP contribution in [0.2, 0.25) is 0 Å². The molecule has 0 aliphatic rings. The zero-order valence-corrected chi connectivity index (χ0v) is 10.2. The van der Waals surface area contributed by atoms with Gasteiger partial charge in [0.15, 0.2) is 0 Å². The molecule has 2 aromatic heterocycles. The Morgan fingerprint density at radius 1 is 1.53 bits per heavy atom. The first-order valence-corrected chi connectivity index (χ1v) is 5.74. The van der Waals surface area contributed by atoms with Crippen LogP contribution >= 0.6 is 11.3 Å². The highest BCUT2D eigenvalue weighted by atomic mass is 32.1. The number of carbonyl (C=O) groups is 1. The molecule has 90 valence electrons. The monoisotopic (exact) mass is 253 g/mol. The maximum atomic E-state index is 10.8. The van der Waals surface area contributed by atoms with Gasteiger partial charge in [0.1, 0.15) is 22.1 Å². The number of carboxylic acids is 1. The number of aromatic nitrogens is 2. The molecule has 0 aromatic carbocycles. The number of hydrogen-bond acceptors (Lipinski definition) is 6. The summed E-state index contributed by atoms with van der Waals surface area (Å²) in [4.78, 5) is 10.8. The lowest BCUT2D eigenvalue weighted by Crippen LogP contribution is -1.98. The third-order valence-corrected chi connectivity index (χ3v) is 2.94. The molecule has 0 aliphatic carbocycles. The molecule has 0 unspecified atom stereocenters. The average molecular weight is 253 g/mol. The number of rotatable bonds is 4. The molecular weight excluding hydrogens is 242 g/mol. The SMILES string of the molecule is Cc1nnc(NCc2cc(C(=O)O)c(C)o2)s1. The molecule has 0 aliphatic heterocycles. The van der Waals surface area contributed by atoms with Crippen LogP contribution in [-0.2, 0) is 6.54 Å². The van der Waals surface area contributed by atoms with E-state index in [1.165, 1.54) is 17.4 Å². The van der Waals surface area contributed by atoms with E-state index >= 15 is 0 Å². The van der Waals surface area contributed by atoms with Crippen LogP contribution in [0.4, 0.5) is 5.13 Å². The molecule has 2 aromatic rings. The summed E-state index contributed by atoms with van der Waals surface area (Å²) in [5, 5.41) is 21.2. The Hall–Kier alpha value is -1.89. The normalized spacial score (nSPS) is 10.5. The smallest absolute Gasteiger partial charge is 0.339 e. The Labute approximate surface area is 101 Å². The number of nitrogens with zero attached hydrogens (tertiary/aromatic N) is 2. The van der Waals surface area contributed by atoms with Crippen LogP contribution in [0.15, 0.2) is 10.5 Å². The van der Waals surface area contributed by atoms with Crippen molar-refractivity contribution in [3.63, 3.8) is 0 Å². The second-order valence-electron chi connectivity index (χ2n) is 3.47. The first-order valence-electron chi connectivity index (χ1n) is 4.93. The average Bonchev–Trinajstić information content (AvgIpc) is 2.82. The first kappa shape index (κ1) is 11.6. The molecule has 0 atom stereocenters. The van der Waals surface area contributed by atoms with Crippen LogP contribution in [0, 0.1) is 13.8 Å². The van der Waals surface area contributed by atoms with Crippen LogP contribution in [0.5, 0.6) is 0 Å². The molecule has 7 heteroatoms. The van der Waals surface area contributed by atoms with Gasteiger partial charge in [-0.3, -0.25) is 0 Å². The van der Waals surface area contributed by atoms with Crippen LogP contribution in [0.1, 0.15) is 26.9 Å². The molecule has 0 saturated carbocycles. The van der Waals surface area contributed by atoms with E-state index in [-0.39, 0.29) is 5.56 Å². The van der Waals surface area contributed by atoms with Gasteiger partial charge in [-0.1, -0.05) is 11.3 Å². The van der Waals surface area contributed by atoms with Crippen molar-refractivity contribution >= 4 is 22.4 Å². The molecule has 17 heavy (non-hydrogen) atoms. The maximum absolute atomic E-state index is 10.8. The topological polar surface area (TPSA) is 88.2 Å². The first-order chi connectivity index (χ1) is 8.06. The summed E-state index contributed by atoms with van der Waals surface area (Å²) in [7, 11) is 0. The maximum Gasteiger partial charge on any atom is 0.339 e. The predicted molar refractivity (Wildman–Crippen MR) is 62.4 cm³/mol. The van der Waals surface area contributed by atoms with Crippen LogP contribution in [0.25, 0.3) is 0 Å². The van der Waals surface area contributed by atoms with E-state index in [9.17, 15) is 4.79 Å². The van der Waals surface area contributed by atoms with E-state index in [0.29, 0.717) is 23.2 Å². The highest BCUT2D eigenvalue weighted by Gasteiger charge is 2.13. The molecule has 0 spiro atoms. The Morgan fingerprint density at radius 3 is 2.82 bits per heavy atom. The van der Waals surface area contributed by atoms with Gasteiger partial charge in [-0.2, -0.15) is 0 Å². The van der Waals surface area contributed by atoms with Crippen molar-refractivity contribution in [1.82, 2.24) is 10.2 Å². The number of furan rings is 1. The molecule has 6 nitrogen and oxygen atoms in total. The fourth-order valence-electron chi connectivity index (χ4n) is 1.37. The quantitative estimate of drug-likeness (QED) is 0.867. The number of aromatic carboxylic acids is 1. The highest BCUT2D eigenvalue weighted by Crippen LogP contribution is 2.18. The molecule has 0 bridgehead atoms. The van der Waals surface area contributed by atoms with Crippen molar-refractivity contribution in [3.8, 4) is 0 Å². The predicted octanol–water partition coefficient (Wildman–Crippen LogP) is 2.06. The lowest BCUT2D eigenvalue weighted by atomic mass is 10.2. The molecule has 0 radical (unpaired) electrons. The Kier molecular flexibility index (Phi) is 3.10. The number of anilines is 1. The Balaban J connectivity index is 2.04. The molecule has 2 heterocycles. The zero-order valence-electron chi connectivity index (χ0n) is 9.35.